The number of amides is 1. The van der Waals surface area contributed by atoms with Crippen LogP contribution in [0.3, 0.4) is 0 Å². The predicted molar refractivity (Wildman–Crippen MR) is 74.2 cm³/mol. The van der Waals surface area contributed by atoms with Gasteiger partial charge in [-0.3, -0.25) is 4.79 Å². The van der Waals surface area contributed by atoms with Crippen LogP contribution in [0, 0.1) is 6.92 Å². The van der Waals surface area contributed by atoms with Gasteiger partial charge < -0.3 is 5.32 Å². The van der Waals surface area contributed by atoms with Crippen molar-refractivity contribution in [2.45, 2.75) is 30.0 Å². The second-order valence-corrected chi connectivity index (χ2v) is 7.99. The van der Waals surface area contributed by atoms with E-state index < -0.39 is 14.3 Å². The maximum absolute atomic E-state index is 11.8. The molecule has 7 heteroatoms. The molecule has 0 aliphatic heterocycles. The van der Waals surface area contributed by atoms with Gasteiger partial charge in [0.25, 0.3) is 0 Å². The van der Waals surface area contributed by atoms with Crippen molar-refractivity contribution >= 4 is 37.5 Å². The molecule has 100 valence electrons. The highest BCUT2D eigenvalue weighted by Crippen LogP contribution is 2.23. The molecule has 0 aliphatic rings. The molecule has 0 fully saturated rings. The van der Waals surface area contributed by atoms with E-state index in [1.165, 1.54) is 12.1 Å². The van der Waals surface area contributed by atoms with E-state index in [1.807, 2.05) is 0 Å². The number of alkyl halides is 1. The third kappa shape index (κ3) is 3.79. The van der Waals surface area contributed by atoms with E-state index in [-0.39, 0.29) is 10.8 Å². The van der Waals surface area contributed by atoms with Gasteiger partial charge in [0.2, 0.25) is 15.9 Å². The van der Waals surface area contributed by atoms with E-state index in [2.05, 4.69) is 21.2 Å². The van der Waals surface area contributed by atoms with Crippen LogP contribution in [-0.4, -0.2) is 18.6 Å². The van der Waals surface area contributed by atoms with Crippen molar-refractivity contribution in [3.63, 3.8) is 0 Å². The number of primary sulfonamides is 1. The molecule has 1 amide bonds. The molecule has 0 saturated carbocycles. The fraction of sp³-hybridized carbons (Fsp3) is 0.364. The van der Waals surface area contributed by atoms with E-state index in [9.17, 15) is 13.2 Å². The number of sulfonamides is 1. The van der Waals surface area contributed by atoms with Gasteiger partial charge in [0.15, 0.2) is 0 Å². The van der Waals surface area contributed by atoms with Crippen LogP contribution in [0.25, 0.3) is 0 Å². The first-order valence-electron chi connectivity index (χ1n) is 5.15. The molecule has 18 heavy (non-hydrogen) atoms. The standard InChI is InChI=1S/C11H15BrN2O3S/c1-7-4-5-8(18(13,16)17)6-9(7)14-10(15)11(2,3)12/h4-6H,1-3H3,(H,14,15)(H2,13,16,17). The third-order valence-electron chi connectivity index (χ3n) is 2.33. The van der Waals surface area contributed by atoms with Crippen LogP contribution in [0.4, 0.5) is 5.69 Å². The molecule has 0 saturated heterocycles. The minimum absolute atomic E-state index is 0.0317. The first-order valence-corrected chi connectivity index (χ1v) is 7.49. The van der Waals surface area contributed by atoms with Crippen LogP contribution in [0.5, 0.6) is 0 Å². The normalized spacial score (nSPS) is 12.3. The summed E-state index contributed by atoms with van der Waals surface area (Å²) in [4.78, 5) is 11.8. The van der Waals surface area contributed by atoms with Gasteiger partial charge in [-0.15, -0.1) is 0 Å². The molecule has 0 unspecified atom stereocenters. The quantitative estimate of drug-likeness (QED) is 0.825. The van der Waals surface area contributed by atoms with Gasteiger partial charge >= 0.3 is 0 Å². The van der Waals surface area contributed by atoms with E-state index in [0.29, 0.717) is 5.69 Å². The van der Waals surface area contributed by atoms with Crippen LogP contribution in [0.2, 0.25) is 0 Å². The van der Waals surface area contributed by atoms with Crippen molar-refractivity contribution in [2.75, 3.05) is 5.32 Å². The Bertz CT molecular complexity index is 576. The summed E-state index contributed by atoms with van der Waals surface area (Å²) >= 11 is 3.23. The van der Waals surface area contributed by atoms with Crippen molar-refractivity contribution < 1.29 is 13.2 Å². The van der Waals surface area contributed by atoms with Gasteiger partial charge in [0.1, 0.15) is 0 Å². The van der Waals surface area contributed by atoms with Crippen molar-refractivity contribution in [1.29, 1.82) is 0 Å². The molecule has 0 heterocycles. The van der Waals surface area contributed by atoms with Crippen LogP contribution in [0.15, 0.2) is 23.1 Å². The molecular formula is C11H15BrN2O3S. The minimum atomic E-state index is -3.78. The fourth-order valence-electron chi connectivity index (χ4n) is 1.18. The summed E-state index contributed by atoms with van der Waals surface area (Å²) < 4.78 is 21.7. The molecule has 5 nitrogen and oxygen atoms in total. The average Bonchev–Trinajstić information content (AvgIpc) is 2.18. The highest BCUT2D eigenvalue weighted by Gasteiger charge is 2.24. The van der Waals surface area contributed by atoms with E-state index in [0.717, 1.165) is 5.56 Å². The SMILES string of the molecule is Cc1ccc(S(N)(=O)=O)cc1NC(=O)C(C)(C)Br. The summed E-state index contributed by atoms with van der Waals surface area (Å²) in [6.07, 6.45) is 0. The lowest BCUT2D eigenvalue weighted by atomic mass is 10.1. The third-order valence-corrected chi connectivity index (χ3v) is 3.60. The minimum Gasteiger partial charge on any atom is -0.325 e. The molecule has 0 aliphatic carbocycles. The topological polar surface area (TPSA) is 89.3 Å². The zero-order chi connectivity index (χ0) is 14.1. The Morgan fingerprint density at radius 2 is 1.94 bits per heavy atom. The Kier molecular flexibility index (Phi) is 4.19. The first kappa shape index (κ1) is 15.1. The Balaban J connectivity index is 3.14. The Hall–Kier alpha value is -0.920. The first-order chi connectivity index (χ1) is 8.01. The summed E-state index contributed by atoms with van der Waals surface area (Å²) in [6.45, 7) is 5.16. The average molecular weight is 335 g/mol. The number of carbonyl (C=O) groups excluding carboxylic acids is 1. The zero-order valence-electron chi connectivity index (χ0n) is 10.3. The Morgan fingerprint density at radius 1 is 1.39 bits per heavy atom. The largest absolute Gasteiger partial charge is 0.325 e. The molecule has 1 aromatic carbocycles. The zero-order valence-corrected chi connectivity index (χ0v) is 12.7. The van der Waals surface area contributed by atoms with Crippen LogP contribution in [0.1, 0.15) is 19.4 Å². The lowest BCUT2D eigenvalue weighted by Crippen LogP contribution is -2.31. The van der Waals surface area contributed by atoms with E-state index >= 15 is 0 Å². The number of hydrogen-bond acceptors (Lipinski definition) is 3. The van der Waals surface area contributed by atoms with Crippen molar-refractivity contribution in [2.24, 2.45) is 5.14 Å². The molecule has 1 rings (SSSR count). The maximum Gasteiger partial charge on any atom is 0.240 e. The molecule has 0 atom stereocenters. The monoisotopic (exact) mass is 334 g/mol. The Morgan fingerprint density at radius 3 is 2.39 bits per heavy atom. The van der Waals surface area contributed by atoms with Crippen LogP contribution >= 0.6 is 15.9 Å². The van der Waals surface area contributed by atoms with Crippen LogP contribution in [-0.2, 0) is 14.8 Å². The van der Waals surface area contributed by atoms with Crippen LogP contribution < -0.4 is 10.5 Å². The molecule has 0 bridgehead atoms. The highest BCUT2D eigenvalue weighted by atomic mass is 79.9. The number of nitrogens with two attached hydrogens (primary N) is 1. The summed E-state index contributed by atoms with van der Waals surface area (Å²) in [5.41, 5.74) is 1.19. The lowest BCUT2D eigenvalue weighted by molar-refractivity contribution is -0.117. The van der Waals surface area contributed by atoms with E-state index in [4.69, 9.17) is 5.14 Å². The highest BCUT2D eigenvalue weighted by molar-refractivity contribution is 9.10. The second kappa shape index (κ2) is 4.99. The molecule has 0 spiro atoms. The number of carbonyl (C=O) groups is 1. The fourth-order valence-corrected chi connectivity index (χ4v) is 1.82. The van der Waals surface area contributed by atoms with Crippen molar-refractivity contribution in [3.05, 3.63) is 23.8 Å². The molecule has 3 N–H and O–H groups in total. The molecule has 0 radical (unpaired) electrons. The number of aryl methyl sites for hydroxylation is 1. The summed E-state index contributed by atoms with van der Waals surface area (Å²) in [6, 6.07) is 4.34. The van der Waals surface area contributed by atoms with Gasteiger partial charge in [-0.25, -0.2) is 13.6 Å². The molecular weight excluding hydrogens is 320 g/mol. The smallest absolute Gasteiger partial charge is 0.240 e. The molecule has 1 aromatic rings. The number of rotatable bonds is 3. The number of anilines is 1. The lowest BCUT2D eigenvalue weighted by Gasteiger charge is -2.17. The van der Waals surface area contributed by atoms with Gasteiger partial charge in [-0.1, -0.05) is 22.0 Å². The summed E-state index contributed by atoms with van der Waals surface area (Å²) in [5.74, 6) is -0.267. The number of benzene rings is 1. The predicted octanol–water partition coefficient (Wildman–Crippen LogP) is 1.75. The van der Waals surface area contributed by atoms with Gasteiger partial charge in [-0.2, -0.15) is 0 Å². The number of halogens is 1. The summed E-state index contributed by atoms with van der Waals surface area (Å²) in [7, 11) is -3.78. The van der Waals surface area contributed by atoms with Crippen molar-refractivity contribution in [3.8, 4) is 0 Å². The Labute approximate surface area is 115 Å². The van der Waals surface area contributed by atoms with Gasteiger partial charge in [0, 0.05) is 5.69 Å². The molecule has 0 aromatic heterocycles. The second-order valence-electron chi connectivity index (χ2n) is 4.45. The van der Waals surface area contributed by atoms with Gasteiger partial charge in [0.05, 0.1) is 9.22 Å². The number of nitrogens with one attached hydrogen (secondary N) is 1. The van der Waals surface area contributed by atoms with E-state index in [1.54, 1.807) is 26.8 Å². The van der Waals surface area contributed by atoms with Gasteiger partial charge in [-0.05, 0) is 38.5 Å². The number of hydrogen-bond donors (Lipinski definition) is 2. The van der Waals surface area contributed by atoms with Crippen molar-refractivity contribution in [1.82, 2.24) is 0 Å². The maximum atomic E-state index is 11.8. The summed E-state index contributed by atoms with van der Waals surface area (Å²) in [5, 5.41) is 7.70.